The Hall–Kier alpha value is -5.24. The molecule has 0 aromatic heterocycles. The van der Waals surface area contributed by atoms with E-state index < -0.39 is 23.8 Å². The van der Waals surface area contributed by atoms with Gasteiger partial charge < -0.3 is 16.0 Å². The number of nitrogens with two attached hydrogens (primary N) is 1. The first-order valence-electron chi connectivity index (χ1n) is 16.2. The van der Waals surface area contributed by atoms with Gasteiger partial charge in [0.15, 0.2) is 5.78 Å². The van der Waals surface area contributed by atoms with Crippen LogP contribution in [0.2, 0.25) is 0 Å². The molecule has 4 aromatic rings. The van der Waals surface area contributed by atoms with Gasteiger partial charge in [0, 0.05) is 34.3 Å². The van der Waals surface area contributed by atoms with E-state index >= 15 is 0 Å². The summed E-state index contributed by atoms with van der Waals surface area (Å²) in [5, 5.41) is 3.06. The Kier molecular flexibility index (Phi) is 10.5. The van der Waals surface area contributed by atoms with Gasteiger partial charge in [0.05, 0.1) is 17.9 Å². The molecule has 0 fully saturated rings. The molecule has 0 aliphatic carbocycles. The van der Waals surface area contributed by atoms with Gasteiger partial charge in [0.25, 0.3) is 5.91 Å². The van der Waals surface area contributed by atoms with Crippen LogP contribution in [0, 0.1) is 17.8 Å². The monoisotopic (exact) mass is 630 g/mol. The number of nitrogens with zero attached hydrogens (tertiary/aromatic N) is 2. The standard InChI is InChI=1S/C39H42N4O4/c1-4-14-31(37(40)45)32(23-26(2)3)38(46)41-33-25-42(29-18-9-6-10-19-29)34-21-11-12-22-35(34)43(39(33)47)30-20-13-17-28(24-30)36(44)27-15-7-5-8-16-27/h5-13,15-22,24,26,31-33H,4,14,23,25H2,1-3H3,(H2,40,45)(H,41,46)/t31-,32+,33?/m0/s1. The minimum Gasteiger partial charge on any atom is -0.369 e. The normalized spacial score (nSPS) is 15.8. The lowest BCUT2D eigenvalue weighted by molar-refractivity contribution is -0.135. The van der Waals surface area contributed by atoms with Gasteiger partial charge in [-0.15, -0.1) is 0 Å². The van der Waals surface area contributed by atoms with Crippen LogP contribution in [0.25, 0.3) is 0 Å². The van der Waals surface area contributed by atoms with Gasteiger partial charge >= 0.3 is 0 Å². The first-order valence-corrected chi connectivity index (χ1v) is 16.2. The average molecular weight is 631 g/mol. The fraction of sp³-hybridized carbons (Fsp3) is 0.282. The first kappa shape index (κ1) is 33.1. The molecule has 1 aliphatic heterocycles. The maximum absolute atomic E-state index is 14.8. The van der Waals surface area contributed by atoms with Gasteiger partial charge in [-0.05, 0) is 55.2 Å². The van der Waals surface area contributed by atoms with Crippen LogP contribution in [0.5, 0.6) is 0 Å². The number of hydrogen-bond acceptors (Lipinski definition) is 5. The van der Waals surface area contributed by atoms with E-state index in [1.807, 2.05) is 98.5 Å². The van der Waals surface area contributed by atoms with Gasteiger partial charge in [-0.3, -0.25) is 24.1 Å². The van der Waals surface area contributed by atoms with E-state index in [4.69, 9.17) is 5.73 Å². The number of carbonyl (C=O) groups is 4. The molecule has 8 heteroatoms. The van der Waals surface area contributed by atoms with E-state index in [0.717, 1.165) is 11.4 Å². The number of fused-ring (bicyclic) bond motifs is 1. The first-order chi connectivity index (χ1) is 22.7. The highest BCUT2D eigenvalue weighted by molar-refractivity contribution is 6.12. The predicted octanol–water partition coefficient (Wildman–Crippen LogP) is 6.78. The molecule has 47 heavy (non-hydrogen) atoms. The molecule has 5 rings (SSSR count). The summed E-state index contributed by atoms with van der Waals surface area (Å²) in [5.74, 6) is -2.62. The minimum atomic E-state index is -0.992. The Balaban J connectivity index is 1.60. The second-order valence-electron chi connectivity index (χ2n) is 12.4. The Morgan fingerprint density at radius 3 is 2.02 bits per heavy atom. The van der Waals surface area contributed by atoms with E-state index in [0.29, 0.717) is 41.8 Å². The van der Waals surface area contributed by atoms with E-state index in [2.05, 4.69) is 5.32 Å². The third-order valence-corrected chi connectivity index (χ3v) is 8.60. The summed E-state index contributed by atoms with van der Waals surface area (Å²) in [7, 11) is 0. The fourth-order valence-electron chi connectivity index (χ4n) is 6.38. The predicted molar refractivity (Wildman–Crippen MR) is 186 cm³/mol. The molecule has 3 atom stereocenters. The zero-order valence-corrected chi connectivity index (χ0v) is 27.1. The summed E-state index contributed by atoms with van der Waals surface area (Å²) >= 11 is 0. The van der Waals surface area contributed by atoms with Gasteiger partial charge in [-0.1, -0.05) is 100.0 Å². The number of benzene rings is 4. The van der Waals surface area contributed by atoms with Gasteiger partial charge in [-0.25, -0.2) is 0 Å². The number of amides is 3. The van der Waals surface area contributed by atoms with Crippen LogP contribution in [-0.2, 0) is 14.4 Å². The summed E-state index contributed by atoms with van der Waals surface area (Å²) in [6.07, 6.45) is 1.63. The molecule has 1 aliphatic rings. The summed E-state index contributed by atoms with van der Waals surface area (Å²) in [6, 6.07) is 32.3. The third kappa shape index (κ3) is 7.43. The summed E-state index contributed by atoms with van der Waals surface area (Å²) < 4.78 is 0. The lowest BCUT2D eigenvalue weighted by Crippen LogP contribution is -2.53. The largest absolute Gasteiger partial charge is 0.369 e. The second kappa shape index (κ2) is 14.9. The number of hydrogen-bond donors (Lipinski definition) is 2. The minimum absolute atomic E-state index is 0.126. The lowest BCUT2D eigenvalue weighted by atomic mass is 9.81. The summed E-state index contributed by atoms with van der Waals surface area (Å²) in [5.41, 5.74) is 9.53. The average Bonchev–Trinajstić information content (AvgIpc) is 3.20. The number of rotatable bonds is 12. The van der Waals surface area contributed by atoms with Gasteiger partial charge in [-0.2, -0.15) is 0 Å². The number of para-hydroxylation sites is 3. The van der Waals surface area contributed by atoms with Crippen LogP contribution in [0.15, 0.2) is 109 Å². The molecule has 3 amide bonds. The van der Waals surface area contributed by atoms with Crippen molar-refractivity contribution in [1.29, 1.82) is 0 Å². The molecule has 0 saturated carbocycles. The Labute approximate surface area is 276 Å². The summed E-state index contributed by atoms with van der Waals surface area (Å²) in [4.78, 5) is 58.5. The fourth-order valence-corrected chi connectivity index (χ4v) is 6.38. The van der Waals surface area contributed by atoms with Crippen LogP contribution in [0.1, 0.15) is 56.0 Å². The molecule has 8 nitrogen and oxygen atoms in total. The van der Waals surface area contributed by atoms with Crippen molar-refractivity contribution in [2.24, 2.45) is 23.5 Å². The van der Waals surface area contributed by atoms with Crippen LogP contribution >= 0.6 is 0 Å². The van der Waals surface area contributed by atoms with Crippen molar-refractivity contribution in [2.75, 3.05) is 16.3 Å². The number of primary amides is 1. The highest BCUT2D eigenvalue weighted by Gasteiger charge is 2.39. The van der Waals surface area contributed by atoms with Crippen LogP contribution < -0.4 is 20.9 Å². The van der Waals surface area contributed by atoms with E-state index in [9.17, 15) is 19.2 Å². The Bertz CT molecular complexity index is 1720. The van der Waals surface area contributed by atoms with Gasteiger partial charge in [0.1, 0.15) is 6.04 Å². The van der Waals surface area contributed by atoms with Crippen molar-refractivity contribution < 1.29 is 19.2 Å². The smallest absolute Gasteiger partial charge is 0.256 e. The topological polar surface area (TPSA) is 113 Å². The quantitative estimate of drug-likeness (QED) is 0.168. The van der Waals surface area contributed by atoms with Crippen molar-refractivity contribution in [3.05, 3.63) is 120 Å². The number of anilines is 4. The zero-order chi connectivity index (χ0) is 33.5. The Morgan fingerprint density at radius 2 is 1.38 bits per heavy atom. The highest BCUT2D eigenvalue weighted by Crippen LogP contribution is 2.41. The van der Waals surface area contributed by atoms with Crippen LogP contribution in [0.3, 0.4) is 0 Å². The van der Waals surface area contributed by atoms with Crippen LogP contribution in [-0.4, -0.2) is 36.1 Å². The molecule has 242 valence electrons. The molecule has 4 aromatic carbocycles. The van der Waals surface area contributed by atoms with E-state index in [1.54, 1.807) is 41.3 Å². The highest BCUT2D eigenvalue weighted by atomic mass is 16.2. The van der Waals surface area contributed by atoms with Crippen molar-refractivity contribution in [1.82, 2.24) is 5.32 Å². The molecular weight excluding hydrogens is 588 g/mol. The molecule has 0 spiro atoms. The van der Waals surface area contributed by atoms with Crippen LogP contribution in [0.4, 0.5) is 22.7 Å². The number of ketones is 1. The van der Waals surface area contributed by atoms with Gasteiger partial charge in [0.2, 0.25) is 11.8 Å². The molecule has 0 saturated heterocycles. The third-order valence-electron chi connectivity index (χ3n) is 8.60. The molecule has 0 radical (unpaired) electrons. The van der Waals surface area contributed by atoms with E-state index in [-0.39, 0.29) is 30.1 Å². The maximum Gasteiger partial charge on any atom is 0.256 e. The van der Waals surface area contributed by atoms with E-state index in [1.165, 1.54) is 0 Å². The zero-order valence-electron chi connectivity index (χ0n) is 27.1. The maximum atomic E-state index is 14.8. The van der Waals surface area contributed by atoms with Crippen molar-refractivity contribution in [3.63, 3.8) is 0 Å². The van der Waals surface area contributed by atoms with Crippen molar-refractivity contribution in [2.45, 2.75) is 46.1 Å². The molecule has 3 N–H and O–H groups in total. The molecule has 0 bridgehead atoms. The molecular formula is C39H42N4O4. The Morgan fingerprint density at radius 1 is 0.787 bits per heavy atom. The second-order valence-corrected chi connectivity index (χ2v) is 12.4. The number of nitrogens with one attached hydrogen (secondary N) is 1. The molecule has 1 heterocycles. The summed E-state index contributed by atoms with van der Waals surface area (Å²) in [6.45, 7) is 6.10. The SMILES string of the molecule is CCC[C@H](C(N)=O)[C@@H](CC(C)C)C(=O)NC1CN(c2ccccc2)c2ccccc2N(c2cccc(C(=O)c3ccccc3)c2)C1=O. The van der Waals surface area contributed by atoms with Crippen molar-refractivity contribution in [3.8, 4) is 0 Å². The lowest BCUT2D eigenvalue weighted by Gasteiger charge is -2.30. The molecule has 1 unspecified atom stereocenters. The number of carbonyl (C=O) groups excluding carboxylic acids is 4. The van der Waals surface area contributed by atoms with Crippen molar-refractivity contribution >= 4 is 46.3 Å².